The second-order valence-electron chi connectivity index (χ2n) is 6.11. The number of fused-ring (bicyclic) bond motifs is 1. The summed E-state index contributed by atoms with van der Waals surface area (Å²) in [5.74, 6) is 0.695. The Kier molecular flexibility index (Phi) is 5.38. The molecule has 0 spiro atoms. The van der Waals surface area contributed by atoms with E-state index in [2.05, 4.69) is 4.99 Å². The molecule has 2 fully saturated rings. The number of benzene rings is 1. The highest BCUT2D eigenvalue weighted by Gasteiger charge is 2.49. The number of amides is 1. The summed E-state index contributed by atoms with van der Waals surface area (Å²) >= 11 is 1.39. The number of hydrogen-bond acceptors (Lipinski definition) is 5. The van der Waals surface area contributed by atoms with Crippen molar-refractivity contribution in [2.45, 2.75) is 38.0 Å². The number of hydrogen-bond donors (Lipinski definition) is 0. The molecule has 2 aliphatic rings. The van der Waals surface area contributed by atoms with Crippen molar-refractivity contribution in [1.82, 2.24) is 0 Å². The zero-order valence-electron chi connectivity index (χ0n) is 14.3. The molecule has 0 aliphatic carbocycles. The van der Waals surface area contributed by atoms with Crippen LogP contribution in [-0.4, -0.2) is 48.9 Å². The molecular weight excluding hydrogens is 360 g/mol. The summed E-state index contributed by atoms with van der Waals surface area (Å²) < 4.78 is 29.9. The van der Waals surface area contributed by atoms with Gasteiger partial charge in [0.1, 0.15) is 5.75 Å². The van der Waals surface area contributed by atoms with E-state index in [4.69, 9.17) is 4.74 Å². The number of sulfone groups is 1. The van der Waals surface area contributed by atoms with E-state index in [0.29, 0.717) is 23.9 Å². The van der Waals surface area contributed by atoms with Gasteiger partial charge in [-0.3, -0.25) is 4.79 Å². The van der Waals surface area contributed by atoms with Crippen LogP contribution in [-0.2, 0) is 14.6 Å². The SMILES string of the molecule is CCCC(=O)N=C1S[C@@H]2CS(=O)(=O)C[C@@H]2N1c1ccccc1OCC. The lowest BCUT2D eigenvalue weighted by Crippen LogP contribution is -2.38. The van der Waals surface area contributed by atoms with Gasteiger partial charge >= 0.3 is 0 Å². The number of carbonyl (C=O) groups excluding carboxylic acids is 1. The highest BCUT2D eigenvalue weighted by atomic mass is 32.2. The molecule has 1 amide bonds. The van der Waals surface area contributed by atoms with Gasteiger partial charge in [0.05, 0.1) is 29.8 Å². The Labute approximate surface area is 152 Å². The van der Waals surface area contributed by atoms with Crippen LogP contribution in [0.3, 0.4) is 0 Å². The largest absolute Gasteiger partial charge is 0.492 e. The monoisotopic (exact) mass is 382 g/mol. The molecule has 25 heavy (non-hydrogen) atoms. The van der Waals surface area contributed by atoms with Gasteiger partial charge in [-0.1, -0.05) is 30.8 Å². The summed E-state index contributed by atoms with van der Waals surface area (Å²) in [6, 6.07) is 7.28. The van der Waals surface area contributed by atoms with Gasteiger partial charge in [-0.05, 0) is 25.5 Å². The second kappa shape index (κ2) is 7.37. The van der Waals surface area contributed by atoms with Gasteiger partial charge in [0.15, 0.2) is 15.0 Å². The standard InChI is InChI=1S/C17H22N2O4S2/c1-3-7-16(20)18-17-19(12-8-5-6-9-14(12)23-4-2)13-10-25(21,22)11-15(13)24-17/h5-6,8-9,13,15H,3-4,7,10-11H2,1-2H3/t13-,15+/m0/s1. The van der Waals surface area contributed by atoms with E-state index in [-0.39, 0.29) is 28.7 Å². The number of ether oxygens (including phenoxy) is 1. The molecular formula is C17H22N2O4S2. The number of anilines is 1. The third-order valence-corrected chi connectivity index (χ3v) is 7.39. The Morgan fingerprint density at radius 2 is 2.08 bits per heavy atom. The molecule has 0 N–H and O–H groups in total. The maximum absolute atomic E-state index is 12.1. The van der Waals surface area contributed by atoms with Crippen LogP contribution in [0.15, 0.2) is 29.3 Å². The van der Waals surface area contributed by atoms with Crippen molar-refractivity contribution in [2.75, 3.05) is 23.0 Å². The van der Waals surface area contributed by atoms with E-state index >= 15 is 0 Å². The van der Waals surface area contributed by atoms with Crippen molar-refractivity contribution in [3.8, 4) is 5.75 Å². The molecule has 8 heteroatoms. The average Bonchev–Trinajstić information content (AvgIpc) is 2.99. The molecule has 0 aromatic heterocycles. The Morgan fingerprint density at radius 3 is 2.80 bits per heavy atom. The fourth-order valence-electron chi connectivity index (χ4n) is 3.16. The van der Waals surface area contributed by atoms with E-state index in [1.54, 1.807) is 0 Å². The summed E-state index contributed by atoms with van der Waals surface area (Å²) in [7, 11) is -3.08. The first-order valence-electron chi connectivity index (χ1n) is 8.45. The molecule has 3 rings (SSSR count). The molecule has 2 saturated heterocycles. The number of aliphatic imine (C=N–C) groups is 1. The van der Waals surface area contributed by atoms with E-state index in [1.807, 2.05) is 43.0 Å². The van der Waals surface area contributed by atoms with E-state index in [1.165, 1.54) is 11.8 Å². The minimum absolute atomic E-state index is 0.0755. The molecule has 0 unspecified atom stereocenters. The molecule has 0 radical (unpaired) electrons. The molecule has 6 nitrogen and oxygen atoms in total. The van der Waals surface area contributed by atoms with Crippen molar-refractivity contribution in [3.05, 3.63) is 24.3 Å². The third-order valence-electron chi connectivity index (χ3n) is 4.18. The third kappa shape index (κ3) is 3.84. The Balaban J connectivity index is 2.02. The molecule has 0 saturated carbocycles. The fourth-order valence-corrected chi connectivity index (χ4v) is 7.08. The van der Waals surface area contributed by atoms with Gasteiger partial charge in [0.2, 0.25) is 5.91 Å². The summed E-state index contributed by atoms with van der Waals surface area (Å²) in [6.07, 6.45) is 1.12. The maximum atomic E-state index is 12.1. The minimum Gasteiger partial charge on any atom is -0.492 e. The topological polar surface area (TPSA) is 76.0 Å². The van der Waals surface area contributed by atoms with Gasteiger partial charge in [-0.15, -0.1) is 0 Å². The first-order valence-corrected chi connectivity index (χ1v) is 11.1. The molecule has 1 aromatic carbocycles. The molecule has 136 valence electrons. The van der Waals surface area contributed by atoms with Crippen LogP contribution in [0.1, 0.15) is 26.7 Å². The molecule has 2 heterocycles. The van der Waals surface area contributed by atoms with Gasteiger partial charge in [-0.25, -0.2) is 8.42 Å². The highest BCUT2D eigenvalue weighted by Crippen LogP contribution is 2.43. The quantitative estimate of drug-likeness (QED) is 0.779. The summed E-state index contributed by atoms with van der Waals surface area (Å²) in [4.78, 5) is 18.2. The van der Waals surface area contributed by atoms with Crippen molar-refractivity contribution in [1.29, 1.82) is 0 Å². The number of amidine groups is 1. The van der Waals surface area contributed by atoms with Crippen LogP contribution >= 0.6 is 11.8 Å². The van der Waals surface area contributed by atoms with Crippen molar-refractivity contribution >= 4 is 38.4 Å². The average molecular weight is 383 g/mol. The smallest absolute Gasteiger partial charge is 0.248 e. The number of nitrogens with zero attached hydrogens (tertiary/aromatic N) is 2. The number of rotatable bonds is 5. The van der Waals surface area contributed by atoms with Crippen LogP contribution in [0.2, 0.25) is 0 Å². The van der Waals surface area contributed by atoms with Crippen LogP contribution in [0, 0.1) is 0 Å². The van der Waals surface area contributed by atoms with E-state index < -0.39 is 9.84 Å². The summed E-state index contributed by atoms with van der Waals surface area (Å²) in [6.45, 7) is 4.34. The number of thioether (sulfide) groups is 1. The summed E-state index contributed by atoms with van der Waals surface area (Å²) in [5.41, 5.74) is 0.768. The van der Waals surface area contributed by atoms with Crippen LogP contribution in [0.25, 0.3) is 0 Å². The molecule has 2 atom stereocenters. The van der Waals surface area contributed by atoms with Crippen molar-refractivity contribution in [2.24, 2.45) is 4.99 Å². The zero-order valence-corrected chi connectivity index (χ0v) is 16.0. The normalized spacial score (nSPS) is 26.0. The minimum atomic E-state index is -3.08. The van der Waals surface area contributed by atoms with Crippen LogP contribution < -0.4 is 9.64 Å². The Hall–Kier alpha value is -1.54. The predicted octanol–water partition coefficient (Wildman–Crippen LogP) is 2.49. The first-order chi connectivity index (χ1) is 11.9. The lowest BCUT2D eigenvalue weighted by molar-refractivity contribution is -0.117. The molecule has 2 aliphatic heterocycles. The van der Waals surface area contributed by atoms with Crippen LogP contribution in [0.4, 0.5) is 5.69 Å². The number of para-hydroxylation sites is 2. The van der Waals surface area contributed by atoms with E-state index in [9.17, 15) is 13.2 Å². The lowest BCUT2D eigenvalue weighted by Gasteiger charge is -2.26. The highest BCUT2D eigenvalue weighted by molar-refractivity contribution is 8.16. The van der Waals surface area contributed by atoms with Gasteiger partial charge < -0.3 is 9.64 Å². The molecule has 1 aromatic rings. The van der Waals surface area contributed by atoms with E-state index in [0.717, 1.165) is 12.1 Å². The number of carbonyl (C=O) groups is 1. The fraction of sp³-hybridized carbons (Fsp3) is 0.529. The van der Waals surface area contributed by atoms with Gasteiger partial charge in [-0.2, -0.15) is 4.99 Å². The Morgan fingerprint density at radius 1 is 1.32 bits per heavy atom. The van der Waals surface area contributed by atoms with Gasteiger partial charge in [0.25, 0.3) is 0 Å². The molecule has 0 bridgehead atoms. The predicted molar refractivity (Wildman–Crippen MR) is 101 cm³/mol. The summed E-state index contributed by atoms with van der Waals surface area (Å²) in [5, 5.41) is 0.475. The zero-order chi connectivity index (χ0) is 18.0. The van der Waals surface area contributed by atoms with Crippen molar-refractivity contribution in [3.63, 3.8) is 0 Å². The second-order valence-corrected chi connectivity index (χ2v) is 9.47. The van der Waals surface area contributed by atoms with Crippen molar-refractivity contribution < 1.29 is 17.9 Å². The lowest BCUT2D eigenvalue weighted by atomic mass is 10.2. The van der Waals surface area contributed by atoms with Gasteiger partial charge in [0, 0.05) is 11.7 Å². The maximum Gasteiger partial charge on any atom is 0.248 e. The van der Waals surface area contributed by atoms with Crippen LogP contribution in [0.5, 0.6) is 5.75 Å². The first kappa shape index (κ1) is 18.3. The Bertz CT molecular complexity index is 792.